The van der Waals surface area contributed by atoms with Gasteiger partial charge in [-0.05, 0) is 43.3 Å². The van der Waals surface area contributed by atoms with Gasteiger partial charge in [-0.25, -0.2) is 0 Å². The van der Waals surface area contributed by atoms with Gasteiger partial charge in [0.05, 0.1) is 26.5 Å². The number of carbonyl (C=O) groups is 1. The molecule has 1 amide bonds. The van der Waals surface area contributed by atoms with Crippen molar-refractivity contribution < 1.29 is 4.79 Å². The minimum atomic E-state index is -0.233. The molecule has 3 aromatic rings. The minimum absolute atomic E-state index is 0.147. The Hall–Kier alpha value is -1.93. The summed E-state index contributed by atoms with van der Waals surface area (Å²) in [5.41, 5.74) is 2.48. The summed E-state index contributed by atoms with van der Waals surface area (Å²) in [5, 5.41) is 13.0. The van der Waals surface area contributed by atoms with Crippen LogP contribution in [0.25, 0.3) is 11.4 Å². The highest BCUT2D eigenvalue weighted by Gasteiger charge is 2.16. The van der Waals surface area contributed by atoms with Crippen LogP contribution in [-0.2, 0) is 11.3 Å². The topological polar surface area (TPSA) is 63.1 Å². The van der Waals surface area contributed by atoms with Crippen LogP contribution in [0.5, 0.6) is 0 Å². The molecule has 3 rings (SSSR count). The van der Waals surface area contributed by atoms with Crippen LogP contribution in [0, 0.1) is 0 Å². The summed E-state index contributed by atoms with van der Waals surface area (Å²) in [4.78, 5) is 14.4. The number of carbonyl (C=O) groups excluding carboxylic acids is 1. The summed E-state index contributed by atoms with van der Waals surface area (Å²) in [5.74, 6) is 0.676. The molecule has 0 saturated heterocycles. The molecule has 30 heavy (non-hydrogen) atoms. The predicted octanol–water partition coefficient (Wildman–Crippen LogP) is 5.72. The number of hydrogen-bond acceptors (Lipinski definition) is 5. The van der Waals surface area contributed by atoms with Crippen molar-refractivity contribution in [2.45, 2.75) is 18.6 Å². The first-order chi connectivity index (χ1) is 14.3. The lowest BCUT2D eigenvalue weighted by Gasteiger charge is -2.13. The van der Waals surface area contributed by atoms with E-state index in [-0.39, 0.29) is 11.7 Å². The van der Waals surface area contributed by atoms with Gasteiger partial charge in [-0.1, -0.05) is 46.6 Å². The van der Waals surface area contributed by atoms with E-state index in [1.165, 1.54) is 23.9 Å². The SMILES string of the molecule is CCn1c(SCC(=O)Nc2cc(Cl)c(Cl)cc2Cl)nnc1-c1ccc(N(C)C)cc1. The second-order valence-electron chi connectivity index (χ2n) is 6.57. The van der Waals surface area contributed by atoms with Crippen LogP contribution in [-0.4, -0.2) is 40.5 Å². The van der Waals surface area contributed by atoms with E-state index in [2.05, 4.69) is 15.5 Å². The van der Waals surface area contributed by atoms with E-state index >= 15 is 0 Å². The number of thioether (sulfide) groups is 1. The molecule has 0 aliphatic rings. The second kappa shape index (κ2) is 9.92. The van der Waals surface area contributed by atoms with E-state index in [9.17, 15) is 4.79 Å². The number of anilines is 2. The quantitative estimate of drug-likeness (QED) is 0.343. The van der Waals surface area contributed by atoms with E-state index in [4.69, 9.17) is 34.8 Å². The summed E-state index contributed by atoms with van der Waals surface area (Å²) in [7, 11) is 3.99. The Morgan fingerprint density at radius 3 is 2.37 bits per heavy atom. The number of halogens is 3. The van der Waals surface area contributed by atoms with Crippen LogP contribution < -0.4 is 10.2 Å². The zero-order valence-corrected chi connectivity index (χ0v) is 19.7. The zero-order chi connectivity index (χ0) is 21.8. The highest BCUT2D eigenvalue weighted by atomic mass is 35.5. The molecule has 0 aliphatic heterocycles. The number of rotatable bonds is 7. The third-order valence-corrected chi connectivity index (χ3v) is 6.29. The highest BCUT2D eigenvalue weighted by Crippen LogP contribution is 2.32. The Labute approximate surface area is 194 Å². The van der Waals surface area contributed by atoms with Crippen LogP contribution in [0.1, 0.15) is 6.92 Å². The molecule has 1 heterocycles. The fourth-order valence-corrected chi connectivity index (χ4v) is 4.13. The van der Waals surface area contributed by atoms with Crippen LogP contribution in [0.2, 0.25) is 15.1 Å². The van der Waals surface area contributed by atoms with E-state index < -0.39 is 0 Å². The molecule has 0 bridgehead atoms. The van der Waals surface area contributed by atoms with Crippen molar-refractivity contribution in [2.24, 2.45) is 0 Å². The molecular formula is C20H20Cl3N5OS. The molecule has 0 spiro atoms. The Morgan fingerprint density at radius 2 is 1.73 bits per heavy atom. The van der Waals surface area contributed by atoms with Gasteiger partial charge >= 0.3 is 0 Å². The van der Waals surface area contributed by atoms with Gasteiger partial charge in [0.25, 0.3) is 0 Å². The van der Waals surface area contributed by atoms with Crippen LogP contribution in [0.3, 0.4) is 0 Å². The van der Waals surface area contributed by atoms with Gasteiger partial charge < -0.3 is 14.8 Å². The maximum absolute atomic E-state index is 12.4. The average molecular weight is 485 g/mol. The van der Waals surface area contributed by atoms with Crippen molar-refractivity contribution in [3.8, 4) is 11.4 Å². The van der Waals surface area contributed by atoms with Crippen molar-refractivity contribution in [1.29, 1.82) is 0 Å². The highest BCUT2D eigenvalue weighted by molar-refractivity contribution is 7.99. The minimum Gasteiger partial charge on any atom is -0.378 e. The molecule has 2 aromatic carbocycles. The van der Waals surface area contributed by atoms with Crippen LogP contribution in [0.4, 0.5) is 11.4 Å². The molecule has 0 saturated carbocycles. The number of nitrogens with zero attached hydrogens (tertiary/aromatic N) is 4. The number of hydrogen-bond donors (Lipinski definition) is 1. The van der Waals surface area contributed by atoms with Crippen molar-refractivity contribution >= 4 is 63.8 Å². The number of aromatic nitrogens is 3. The van der Waals surface area contributed by atoms with Crippen molar-refractivity contribution in [3.05, 3.63) is 51.5 Å². The fourth-order valence-electron chi connectivity index (χ4n) is 2.74. The molecule has 0 aliphatic carbocycles. The van der Waals surface area contributed by atoms with E-state index in [1.54, 1.807) is 0 Å². The third kappa shape index (κ3) is 5.21. The molecule has 0 fully saturated rings. The summed E-state index contributed by atoms with van der Waals surface area (Å²) in [6, 6.07) is 11.1. The largest absolute Gasteiger partial charge is 0.378 e. The van der Waals surface area contributed by atoms with E-state index in [0.29, 0.717) is 32.5 Å². The van der Waals surface area contributed by atoms with Crippen molar-refractivity contribution in [3.63, 3.8) is 0 Å². The monoisotopic (exact) mass is 483 g/mol. The predicted molar refractivity (Wildman–Crippen MR) is 126 cm³/mol. The third-order valence-electron chi connectivity index (χ3n) is 4.29. The Bertz CT molecular complexity index is 1050. The molecule has 10 heteroatoms. The standard InChI is InChI=1S/C20H20Cl3N5OS/c1-4-28-19(12-5-7-13(8-6-12)27(2)3)25-26-20(28)30-11-18(29)24-17-10-15(22)14(21)9-16(17)23/h5-10H,4,11H2,1-3H3,(H,24,29). The zero-order valence-electron chi connectivity index (χ0n) is 16.6. The van der Waals surface area contributed by atoms with E-state index in [1.807, 2.05) is 54.8 Å². The lowest BCUT2D eigenvalue weighted by atomic mass is 10.2. The summed E-state index contributed by atoms with van der Waals surface area (Å²) >= 11 is 19.3. The number of benzene rings is 2. The lowest BCUT2D eigenvalue weighted by molar-refractivity contribution is -0.113. The van der Waals surface area contributed by atoms with E-state index in [0.717, 1.165) is 17.1 Å². The lowest BCUT2D eigenvalue weighted by Crippen LogP contribution is -2.15. The number of nitrogens with one attached hydrogen (secondary N) is 1. The van der Waals surface area contributed by atoms with Gasteiger partial charge in [0, 0.05) is 31.9 Å². The van der Waals surface area contributed by atoms with Gasteiger partial charge in [-0.15, -0.1) is 10.2 Å². The van der Waals surface area contributed by atoms with Crippen molar-refractivity contribution in [2.75, 3.05) is 30.1 Å². The molecule has 0 radical (unpaired) electrons. The maximum atomic E-state index is 12.4. The molecule has 1 N–H and O–H groups in total. The summed E-state index contributed by atoms with van der Waals surface area (Å²) < 4.78 is 1.98. The average Bonchev–Trinajstić information content (AvgIpc) is 3.13. The Balaban J connectivity index is 1.70. The fraction of sp³-hybridized carbons (Fsp3) is 0.250. The normalized spacial score (nSPS) is 10.9. The molecule has 0 unspecified atom stereocenters. The first-order valence-electron chi connectivity index (χ1n) is 9.08. The van der Waals surface area contributed by atoms with Crippen molar-refractivity contribution in [1.82, 2.24) is 14.8 Å². The molecule has 6 nitrogen and oxygen atoms in total. The maximum Gasteiger partial charge on any atom is 0.234 e. The number of amides is 1. The molecule has 1 aromatic heterocycles. The van der Waals surface area contributed by atoms with Crippen LogP contribution >= 0.6 is 46.6 Å². The van der Waals surface area contributed by atoms with Gasteiger partial charge in [0.1, 0.15) is 0 Å². The first-order valence-corrected chi connectivity index (χ1v) is 11.2. The first kappa shape index (κ1) is 22.7. The summed E-state index contributed by atoms with van der Waals surface area (Å²) in [6.07, 6.45) is 0. The summed E-state index contributed by atoms with van der Waals surface area (Å²) in [6.45, 7) is 2.70. The van der Waals surface area contributed by atoms with Gasteiger partial charge in [0.15, 0.2) is 11.0 Å². The van der Waals surface area contributed by atoms with Crippen LogP contribution in [0.15, 0.2) is 41.6 Å². The Morgan fingerprint density at radius 1 is 1.07 bits per heavy atom. The molecular weight excluding hydrogens is 465 g/mol. The smallest absolute Gasteiger partial charge is 0.234 e. The molecule has 0 atom stereocenters. The van der Waals surface area contributed by atoms with Gasteiger partial charge in [0.2, 0.25) is 5.91 Å². The van der Waals surface area contributed by atoms with Gasteiger partial charge in [-0.3, -0.25) is 4.79 Å². The second-order valence-corrected chi connectivity index (χ2v) is 8.74. The molecule has 158 valence electrons. The Kier molecular flexibility index (Phi) is 7.52. The van der Waals surface area contributed by atoms with Gasteiger partial charge in [-0.2, -0.15) is 0 Å².